The van der Waals surface area contributed by atoms with Gasteiger partial charge in [0.2, 0.25) is 0 Å². The van der Waals surface area contributed by atoms with Gasteiger partial charge in [0, 0.05) is 11.7 Å². The van der Waals surface area contributed by atoms with Crippen LogP contribution in [0, 0.1) is 5.92 Å². The molecule has 3 atom stereocenters. The van der Waals surface area contributed by atoms with Crippen molar-refractivity contribution >= 4 is 41.0 Å². The predicted molar refractivity (Wildman–Crippen MR) is 127 cm³/mol. The number of amides is 1. The highest BCUT2D eigenvalue weighted by Crippen LogP contribution is 2.43. The van der Waals surface area contributed by atoms with Crippen molar-refractivity contribution in [2.75, 3.05) is 12.4 Å². The number of nitrogens with one attached hydrogen (secondary N) is 1. The Kier molecular flexibility index (Phi) is 6.68. The van der Waals surface area contributed by atoms with Gasteiger partial charge in [-0.25, -0.2) is 0 Å². The van der Waals surface area contributed by atoms with Gasteiger partial charge in [0.25, 0.3) is 5.91 Å². The van der Waals surface area contributed by atoms with Crippen LogP contribution in [0.1, 0.15) is 38.2 Å². The van der Waals surface area contributed by atoms with E-state index in [1.807, 2.05) is 41.3 Å². The van der Waals surface area contributed by atoms with E-state index in [1.165, 1.54) is 25.3 Å². The molecule has 31 heavy (non-hydrogen) atoms. The van der Waals surface area contributed by atoms with Crippen LogP contribution in [0.5, 0.6) is 11.5 Å². The second-order valence-electron chi connectivity index (χ2n) is 8.08. The molecule has 164 valence electrons. The molecular formula is C24H27ClN2O3S. The van der Waals surface area contributed by atoms with Crippen molar-refractivity contribution in [1.82, 2.24) is 4.90 Å². The largest absolute Gasteiger partial charge is 0.503 e. The number of thioether (sulfide) groups is 1. The lowest BCUT2D eigenvalue weighted by molar-refractivity contribution is -0.129. The standard InChI is InChI=1S/C24H27ClN2O3S/c1-15-8-6-7-11-19(15)27-23(29)21(31-24(27)26-17-9-4-3-5-10-17)14-16-12-18(25)22(28)20(13-16)30-2/h3-5,9-10,12-15,19,24,26,28H,6-8,11H2,1-2H3/b21-14-/t15-,19-,24?/m1/s1. The molecule has 2 aromatic carbocycles. The molecule has 1 saturated carbocycles. The maximum Gasteiger partial charge on any atom is 0.262 e. The summed E-state index contributed by atoms with van der Waals surface area (Å²) < 4.78 is 5.21. The maximum absolute atomic E-state index is 13.5. The normalized spacial score (nSPS) is 25.1. The number of methoxy groups -OCH3 is 1. The number of anilines is 1. The van der Waals surface area contributed by atoms with Crippen molar-refractivity contribution in [2.45, 2.75) is 44.1 Å². The van der Waals surface area contributed by atoms with Gasteiger partial charge >= 0.3 is 0 Å². The zero-order valence-corrected chi connectivity index (χ0v) is 19.2. The zero-order valence-electron chi connectivity index (χ0n) is 17.7. The molecule has 0 spiro atoms. The number of benzene rings is 2. The van der Waals surface area contributed by atoms with Crippen LogP contribution in [0.15, 0.2) is 47.4 Å². The maximum atomic E-state index is 13.5. The second kappa shape index (κ2) is 9.45. The highest BCUT2D eigenvalue weighted by Gasteiger charge is 2.42. The first-order valence-electron chi connectivity index (χ1n) is 10.6. The number of ether oxygens (including phenoxy) is 1. The number of halogens is 1. The first-order chi connectivity index (χ1) is 15.0. The van der Waals surface area contributed by atoms with E-state index in [2.05, 4.69) is 12.2 Å². The summed E-state index contributed by atoms with van der Waals surface area (Å²) in [7, 11) is 1.48. The molecule has 1 aliphatic carbocycles. The van der Waals surface area contributed by atoms with E-state index in [-0.39, 0.29) is 34.0 Å². The van der Waals surface area contributed by atoms with Crippen LogP contribution in [-0.4, -0.2) is 34.6 Å². The lowest BCUT2D eigenvalue weighted by Crippen LogP contribution is -2.48. The molecule has 2 N–H and O–H groups in total. The van der Waals surface area contributed by atoms with Gasteiger partial charge in [0.1, 0.15) is 0 Å². The van der Waals surface area contributed by atoms with E-state index in [9.17, 15) is 9.90 Å². The van der Waals surface area contributed by atoms with Crippen molar-refractivity contribution in [1.29, 1.82) is 0 Å². The monoisotopic (exact) mass is 458 g/mol. The van der Waals surface area contributed by atoms with E-state index in [1.54, 1.807) is 12.1 Å². The Morgan fingerprint density at radius 2 is 1.97 bits per heavy atom. The molecule has 0 bridgehead atoms. The van der Waals surface area contributed by atoms with Gasteiger partial charge in [-0.15, -0.1) is 0 Å². The average molecular weight is 459 g/mol. The van der Waals surface area contributed by atoms with Crippen molar-refractivity contribution in [3.05, 3.63) is 58.0 Å². The van der Waals surface area contributed by atoms with Gasteiger partial charge < -0.3 is 20.1 Å². The SMILES string of the molecule is COc1cc(/C=C2\SC(Nc3ccccc3)N([C@@H]3CCCC[C@H]3C)C2=O)cc(Cl)c1O. The van der Waals surface area contributed by atoms with Crippen LogP contribution in [0.4, 0.5) is 5.69 Å². The van der Waals surface area contributed by atoms with Crippen LogP contribution in [0.2, 0.25) is 5.02 Å². The van der Waals surface area contributed by atoms with Crippen molar-refractivity contribution in [2.24, 2.45) is 5.92 Å². The lowest BCUT2D eigenvalue weighted by Gasteiger charge is -2.39. The topological polar surface area (TPSA) is 61.8 Å². The minimum atomic E-state index is -0.179. The summed E-state index contributed by atoms with van der Waals surface area (Å²) in [5.74, 6) is 0.672. The van der Waals surface area contributed by atoms with Gasteiger partial charge in [-0.2, -0.15) is 0 Å². The third-order valence-electron chi connectivity index (χ3n) is 5.99. The van der Waals surface area contributed by atoms with Crippen molar-refractivity contribution in [3.8, 4) is 11.5 Å². The predicted octanol–water partition coefficient (Wildman–Crippen LogP) is 5.94. The van der Waals surface area contributed by atoms with Crippen LogP contribution in [0.3, 0.4) is 0 Å². The molecule has 0 aromatic heterocycles. The molecule has 2 aliphatic rings. The highest BCUT2D eigenvalue weighted by atomic mass is 35.5. The number of para-hydroxylation sites is 1. The molecule has 1 saturated heterocycles. The van der Waals surface area contributed by atoms with E-state index in [0.717, 1.165) is 24.9 Å². The molecule has 2 aromatic rings. The van der Waals surface area contributed by atoms with Crippen molar-refractivity contribution in [3.63, 3.8) is 0 Å². The average Bonchev–Trinajstić information content (AvgIpc) is 3.06. The number of carbonyl (C=O) groups is 1. The fourth-order valence-electron chi connectivity index (χ4n) is 4.35. The lowest BCUT2D eigenvalue weighted by atomic mass is 9.85. The Hall–Kier alpha value is -2.31. The molecule has 2 fully saturated rings. The Bertz CT molecular complexity index is 982. The molecule has 0 radical (unpaired) electrons. The fraction of sp³-hybridized carbons (Fsp3) is 0.375. The number of phenols is 1. The highest BCUT2D eigenvalue weighted by molar-refractivity contribution is 8.05. The third-order valence-corrected chi connectivity index (χ3v) is 7.40. The quantitative estimate of drug-likeness (QED) is 0.542. The molecule has 1 amide bonds. The van der Waals surface area contributed by atoms with E-state index in [0.29, 0.717) is 16.4 Å². The zero-order chi connectivity index (χ0) is 22.0. The van der Waals surface area contributed by atoms with Gasteiger partial charge in [-0.05, 0) is 54.7 Å². The third kappa shape index (κ3) is 4.65. The van der Waals surface area contributed by atoms with Gasteiger partial charge in [0.15, 0.2) is 17.0 Å². The van der Waals surface area contributed by atoms with Crippen LogP contribution in [0.25, 0.3) is 6.08 Å². The van der Waals surface area contributed by atoms with Crippen LogP contribution >= 0.6 is 23.4 Å². The van der Waals surface area contributed by atoms with E-state index >= 15 is 0 Å². The summed E-state index contributed by atoms with van der Waals surface area (Å²) in [6.07, 6.45) is 6.35. The van der Waals surface area contributed by atoms with Crippen molar-refractivity contribution < 1.29 is 14.6 Å². The minimum Gasteiger partial charge on any atom is -0.503 e. The van der Waals surface area contributed by atoms with Gasteiger partial charge in [-0.1, -0.05) is 61.3 Å². The molecular weight excluding hydrogens is 432 g/mol. The fourth-order valence-corrected chi connectivity index (χ4v) is 5.78. The molecule has 1 heterocycles. The Morgan fingerprint density at radius 1 is 1.23 bits per heavy atom. The minimum absolute atomic E-state index is 0.0281. The number of hydrogen-bond donors (Lipinski definition) is 2. The Morgan fingerprint density at radius 3 is 2.68 bits per heavy atom. The summed E-state index contributed by atoms with van der Waals surface area (Å²) in [4.78, 5) is 16.2. The summed E-state index contributed by atoms with van der Waals surface area (Å²) in [5, 5.41) is 13.7. The molecule has 7 heteroatoms. The summed E-state index contributed by atoms with van der Waals surface area (Å²) in [6.45, 7) is 2.24. The molecule has 5 nitrogen and oxygen atoms in total. The summed E-state index contributed by atoms with van der Waals surface area (Å²) in [6, 6.07) is 13.5. The number of phenolic OH excluding ortho intramolecular Hbond substituents is 1. The number of aromatic hydroxyl groups is 1. The number of hydrogen-bond acceptors (Lipinski definition) is 5. The Balaban J connectivity index is 1.67. The number of nitrogens with zero attached hydrogens (tertiary/aromatic N) is 1. The second-order valence-corrected chi connectivity index (χ2v) is 9.61. The first-order valence-corrected chi connectivity index (χ1v) is 11.8. The van der Waals surface area contributed by atoms with Gasteiger partial charge in [0.05, 0.1) is 17.0 Å². The molecule has 1 unspecified atom stereocenters. The van der Waals surface area contributed by atoms with Gasteiger partial charge in [-0.3, -0.25) is 4.79 Å². The van der Waals surface area contributed by atoms with Crippen LogP contribution in [-0.2, 0) is 4.79 Å². The molecule has 1 aliphatic heterocycles. The smallest absolute Gasteiger partial charge is 0.262 e. The number of rotatable bonds is 5. The van der Waals surface area contributed by atoms with E-state index in [4.69, 9.17) is 16.3 Å². The summed E-state index contributed by atoms with van der Waals surface area (Å²) in [5.41, 5.74) is 1.52. The number of carbonyl (C=O) groups excluding carboxylic acids is 1. The first kappa shape index (κ1) is 21.9. The van der Waals surface area contributed by atoms with E-state index < -0.39 is 0 Å². The van der Waals surface area contributed by atoms with Crippen LogP contribution < -0.4 is 10.1 Å². The summed E-state index contributed by atoms with van der Waals surface area (Å²) >= 11 is 7.67. The Labute approximate surface area is 192 Å². The molecule has 4 rings (SSSR count).